The molecule has 0 radical (unpaired) electrons. The van der Waals surface area contributed by atoms with Gasteiger partial charge < -0.3 is 5.32 Å². The monoisotopic (exact) mass is 253 g/mol. The van der Waals surface area contributed by atoms with Crippen molar-refractivity contribution in [2.45, 2.75) is 33.2 Å². The quantitative estimate of drug-likeness (QED) is 0.842. The first-order valence-corrected chi connectivity index (χ1v) is 7.05. The topological polar surface area (TPSA) is 12.0 Å². The second-order valence-electron chi connectivity index (χ2n) is 5.16. The molecule has 0 aliphatic carbocycles. The van der Waals surface area contributed by atoms with Gasteiger partial charge >= 0.3 is 0 Å². The van der Waals surface area contributed by atoms with Gasteiger partial charge in [0.2, 0.25) is 0 Å². The van der Waals surface area contributed by atoms with Crippen molar-refractivity contribution in [2.75, 3.05) is 6.54 Å². The summed E-state index contributed by atoms with van der Waals surface area (Å²) >= 11 is 0. The maximum atomic E-state index is 3.60. The van der Waals surface area contributed by atoms with Gasteiger partial charge in [-0.3, -0.25) is 0 Å². The lowest BCUT2D eigenvalue weighted by molar-refractivity contribution is 0.548. The van der Waals surface area contributed by atoms with Crippen molar-refractivity contribution in [3.8, 4) is 0 Å². The molecular formula is C18H23N. The Morgan fingerprint density at radius 1 is 1.00 bits per heavy atom. The van der Waals surface area contributed by atoms with E-state index in [9.17, 15) is 0 Å². The summed E-state index contributed by atoms with van der Waals surface area (Å²) in [5.74, 6) is 0. The second kappa shape index (κ2) is 6.53. The molecule has 0 amide bonds. The molecule has 2 rings (SSSR count). The third-order valence-electron chi connectivity index (χ3n) is 3.58. The predicted octanol–water partition coefficient (Wildman–Crippen LogP) is 4.20. The van der Waals surface area contributed by atoms with Gasteiger partial charge in [-0.25, -0.2) is 0 Å². The number of hydrogen-bond donors (Lipinski definition) is 1. The Kier molecular flexibility index (Phi) is 4.75. The van der Waals surface area contributed by atoms with Gasteiger partial charge in [-0.05, 0) is 43.5 Å². The molecular weight excluding hydrogens is 230 g/mol. The Hall–Kier alpha value is -1.60. The fourth-order valence-corrected chi connectivity index (χ4v) is 2.50. The van der Waals surface area contributed by atoms with Crippen molar-refractivity contribution < 1.29 is 0 Å². The number of rotatable bonds is 5. The van der Waals surface area contributed by atoms with Crippen LogP contribution >= 0.6 is 0 Å². The van der Waals surface area contributed by atoms with Gasteiger partial charge in [-0.15, -0.1) is 0 Å². The van der Waals surface area contributed by atoms with E-state index in [-0.39, 0.29) is 0 Å². The fraction of sp³-hybridized carbons (Fsp3) is 0.333. The summed E-state index contributed by atoms with van der Waals surface area (Å²) in [7, 11) is 0. The zero-order chi connectivity index (χ0) is 13.7. The van der Waals surface area contributed by atoms with Crippen molar-refractivity contribution in [3.05, 3.63) is 70.8 Å². The predicted molar refractivity (Wildman–Crippen MR) is 82.5 cm³/mol. The molecule has 2 aromatic carbocycles. The molecule has 2 aromatic rings. The number of hydrogen-bond acceptors (Lipinski definition) is 1. The van der Waals surface area contributed by atoms with E-state index < -0.39 is 0 Å². The van der Waals surface area contributed by atoms with E-state index in [1.165, 1.54) is 22.3 Å². The average molecular weight is 253 g/mol. The molecule has 1 atom stereocenters. The molecule has 0 aliphatic rings. The van der Waals surface area contributed by atoms with Gasteiger partial charge in [0.05, 0.1) is 0 Å². The summed E-state index contributed by atoms with van der Waals surface area (Å²) in [6.07, 6.45) is 1.05. The Morgan fingerprint density at radius 2 is 1.79 bits per heavy atom. The summed E-state index contributed by atoms with van der Waals surface area (Å²) in [6, 6.07) is 17.8. The van der Waals surface area contributed by atoms with Gasteiger partial charge in [0.15, 0.2) is 0 Å². The molecule has 1 N–H and O–H groups in total. The SMILES string of the molecule is CCNC(Cc1ccccc1C)c1cccc(C)c1. The van der Waals surface area contributed by atoms with Gasteiger partial charge in [-0.1, -0.05) is 61.0 Å². The van der Waals surface area contributed by atoms with Gasteiger partial charge in [-0.2, -0.15) is 0 Å². The first kappa shape index (κ1) is 13.8. The first-order valence-electron chi connectivity index (χ1n) is 7.05. The minimum absolute atomic E-state index is 0.394. The highest BCUT2D eigenvalue weighted by Crippen LogP contribution is 2.21. The van der Waals surface area contributed by atoms with Crippen molar-refractivity contribution in [1.29, 1.82) is 0 Å². The van der Waals surface area contributed by atoms with E-state index in [1.54, 1.807) is 0 Å². The van der Waals surface area contributed by atoms with E-state index in [1.807, 2.05) is 0 Å². The summed E-state index contributed by atoms with van der Waals surface area (Å²) in [5.41, 5.74) is 5.50. The van der Waals surface area contributed by atoms with Crippen molar-refractivity contribution >= 4 is 0 Å². The second-order valence-corrected chi connectivity index (χ2v) is 5.16. The van der Waals surface area contributed by atoms with Crippen LogP contribution in [0.25, 0.3) is 0 Å². The van der Waals surface area contributed by atoms with Crippen LogP contribution in [0, 0.1) is 13.8 Å². The molecule has 1 heteroatoms. The van der Waals surface area contributed by atoms with Crippen LogP contribution in [0.4, 0.5) is 0 Å². The maximum absolute atomic E-state index is 3.60. The highest BCUT2D eigenvalue weighted by atomic mass is 14.9. The lowest BCUT2D eigenvalue weighted by Crippen LogP contribution is -2.23. The Morgan fingerprint density at radius 3 is 2.47 bits per heavy atom. The molecule has 0 bridgehead atoms. The third-order valence-corrected chi connectivity index (χ3v) is 3.58. The van der Waals surface area contributed by atoms with Crippen LogP contribution in [-0.2, 0) is 6.42 Å². The molecule has 19 heavy (non-hydrogen) atoms. The Labute approximate surface area is 116 Å². The lowest BCUT2D eigenvalue weighted by atomic mass is 9.95. The number of aryl methyl sites for hydroxylation is 2. The smallest absolute Gasteiger partial charge is 0.0360 e. The van der Waals surface area contributed by atoms with Crippen LogP contribution in [0.5, 0.6) is 0 Å². The molecule has 0 fully saturated rings. The highest BCUT2D eigenvalue weighted by Gasteiger charge is 2.12. The van der Waals surface area contributed by atoms with E-state index in [0.29, 0.717) is 6.04 Å². The van der Waals surface area contributed by atoms with E-state index in [2.05, 4.69) is 74.6 Å². The maximum Gasteiger partial charge on any atom is 0.0360 e. The molecule has 1 unspecified atom stereocenters. The molecule has 1 nitrogen and oxygen atoms in total. The third kappa shape index (κ3) is 3.68. The zero-order valence-corrected chi connectivity index (χ0v) is 12.1. The van der Waals surface area contributed by atoms with E-state index >= 15 is 0 Å². The Balaban J connectivity index is 2.24. The van der Waals surface area contributed by atoms with Crippen LogP contribution in [0.3, 0.4) is 0 Å². The summed E-state index contributed by atoms with van der Waals surface area (Å²) in [5, 5.41) is 3.60. The molecule has 0 saturated heterocycles. The summed E-state index contributed by atoms with van der Waals surface area (Å²) in [4.78, 5) is 0. The molecule has 0 saturated carbocycles. The van der Waals surface area contributed by atoms with Crippen molar-refractivity contribution in [2.24, 2.45) is 0 Å². The normalized spacial score (nSPS) is 12.4. The molecule has 0 aromatic heterocycles. The number of nitrogens with one attached hydrogen (secondary N) is 1. The zero-order valence-electron chi connectivity index (χ0n) is 12.1. The van der Waals surface area contributed by atoms with Gasteiger partial charge in [0, 0.05) is 6.04 Å². The molecule has 0 aliphatic heterocycles. The average Bonchev–Trinajstić information content (AvgIpc) is 2.40. The van der Waals surface area contributed by atoms with Crippen LogP contribution in [0.1, 0.15) is 35.2 Å². The Bertz CT molecular complexity index is 531. The van der Waals surface area contributed by atoms with Crippen molar-refractivity contribution in [3.63, 3.8) is 0 Å². The number of benzene rings is 2. The molecule has 0 spiro atoms. The van der Waals surface area contributed by atoms with Crippen molar-refractivity contribution in [1.82, 2.24) is 5.32 Å². The van der Waals surface area contributed by atoms with E-state index in [4.69, 9.17) is 0 Å². The van der Waals surface area contributed by atoms with E-state index in [0.717, 1.165) is 13.0 Å². The minimum atomic E-state index is 0.394. The first-order chi connectivity index (χ1) is 9.20. The standard InChI is InChI=1S/C18H23N/c1-4-19-18(17-11-7-8-14(2)12-17)13-16-10-6-5-9-15(16)3/h5-12,18-19H,4,13H2,1-3H3. The lowest BCUT2D eigenvalue weighted by Gasteiger charge is -2.20. The van der Waals surface area contributed by atoms with Crippen LogP contribution in [-0.4, -0.2) is 6.54 Å². The van der Waals surface area contributed by atoms with Gasteiger partial charge in [0.25, 0.3) is 0 Å². The van der Waals surface area contributed by atoms with Crippen LogP contribution in [0.2, 0.25) is 0 Å². The van der Waals surface area contributed by atoms with Gasteiger partial charge in [0.1, 0.15) is 0 Å². The summed E-state index contributed by atoms with van der Waals surface area (Å²) < 4.78 is 0. The molecule has 100 valence electrons. The van der Waals surface area contributed by atoms with Crippen LogP contribution in [0.15, 0.2) is 48.5 Å². The molecule has 0 heterocycles. The fourth-order valence-electron chi connectivity index (χ4n) is 2.50. The number of likely N-dealkylation sites (N-methyl/N-ethyl adjacent to an activating group) is 1. The minimum Gasteiger partial charge on any atom is -0.310 e. The largest absolute Gasteiger partial charge is 0.310 e. The highest BCUT2D eigenvalue weighted by molar-refractivity contribution is 5.30. The summed E-state index contributed by atoms with van der Waals surface area (Å²) in [6.45, 7) is 7.50. The van der Waals surface area contributed by atoms with Crippen LogP contribution < -0.4 is 5.32 Å².